The van der Waals surface area contributed by atoms with Crippen LogP contribution in [0.15, 0.2) is 66.7 Å². The Morgan fingerprint density at radius 3 is 2.27 bits per heavy atom. The molecule has 0 heterocycles. The average molecular weight is 290 g/mol. The lowest BCUT2D eigenvalue weighted by Gasteiger charge is -2.06. The number of fused-ring (bicyclic) bond motifs is 1. The number of aliphatic carboxylic acids is 1. The van der Waals surface area contributed by atoms with Gasteiger partial charge in [-0.15, -0.1) is 0 Å². The second kappa shape index (κ2) is 5.74. The smallest absolute Gasteiger partial charge is 0.336 e. The number of hydrogen-bond donors (Lipinski definition) is 2. The summed E-state index contributed by atoms with van der Waals surface area (Å²) in [6.07, 6.45) is 1.66. The van der Waals surface area contributed by atoms with Gasteiger partial charge in [-0.1, -0.05) is 54.6 Å². The molecule has 3 aromatic rings. The van der Waals surface area contributed by atoms with Gasteiger partial charge in [0.1, 0.15) is 5.75 Å². The molecule has 0 atom stereocenters. The third-order valence-corrected chi connectivity index (χ3v) is 3.53. The number of carboxylic acid groups (broad SMARTS) is 1. The van der Waals surface area contributed by atoms with Crippen molar-refractivity contribution < 1.29 is 15.0 Å². The van der Waals surface area contributed by atoms with Crippen molar-refractivity contribution in [3.8, 4) is 5.75 Å². The van der Waals surface area contributed by atoms with Crippen LogP contribution in [0.5, 0.6) is 5.75 Å². The van der Waals surface area contributed by atoms with Crippen LogP contribution in [0.3, 0.4) is 0 Å². The molecule has 0 unspecified atom stereocenters. The minimum absolute atomic E-state index is 0.110. The van der Waals surface area contributed by atoms with E-state index in [2.05, 4.69) is 0 Å². The first-order valence-corrected chi connectivity index (χ1v) is 6.87. The molecule has 0 spiro atoms. The molecule has 0 aliphatic heterocycles. The highest BCUT2D eigenvalue weighted by molar-refractivity contribution is 6.21. The topological polar surface area (TPSA) is 57.5 Å². The van der Waals surface area contributed by atoms with Crippen LogP contribution in [-0.4, -0.2) is 16.2 Å². The maximum absolute atomic E-state index is 11.6. The van der Waals surface area contributed by atoms with Crippen molar-refractivity contribution >= 4 is 28.4 Å². The molecular formula is C19H14O3. The standard InChI is InChI=1S/C19H14O3/c20-16-10-8-14(9-11-16)18(19(21)22)12-15-6-3-5-13-4-1-2-7-17(13)15/h1-12,20H,(H,21,22). The summed E-state index contributed by atoms with van der Waals surface area (Å²) in [6, 6.07) is 19.8. The molecule has 0 fully saturated rings. The lowest BCUT2D eigenvalue weighted by Crippen LogP contribution is -1.99. The van der Waals surface area contributed by atoms with E-state index in [1.54, 1.807) is 18.2 Å². The van der Waals surface area contributed by atoms with Crippen LogP contribution >= 0.6 is 0 Å². The third kappa shape index (κ3) is 2.69. The summed E-state index contributed by atoms with van der Waals surface area (Å²) in [4.78, 5) is 11.6. The SMILES string of the molecule is O=C(O)C(=Cc1cccc2ccccc12)c1ccc(O)cc1. The lowest BCUT2D eigenvalue weighted by atomic mass is 9.99. The van der Waals surface area contributed by atoms with Gasteiger partial charge in [-0.2, -0.15) is 0 Å². The van der Waals surface area contributed by atoms with Crippen molar-refractivity contribution in [1.29, 1.82) is 0 Å². The number of phenols is 1. The lowest BCUT2D eigenvalue weighted by molar-refractivity contribution is -0.130. The summed E-state index contributed by atoms with van der Waals surface area (Å²) in [5.41, 5.74) is 1.60. The van der Waals surface area contributed by atoms with E-state index in [1.807, 2.05) is 42.5 Å². The van der Waals surface area contributed by atoms with Crippen molar-refractivity contribution in [2.75, 3.05) is 0 Å². The number of carbonyl (C=O) groups is 1. The van der Waals surface area contributed by atoms with Crippen molar-refractivity contribution in [3.63, 3.8) is 0 Å². The number of hydrogen-bond acceptors (Lipinski definition) is 2. The second-order valence-electron chi connectivity index (χ2n) is 4.98. The van der Waals surface area contributed by atoms with Crippen LogP contribution in [0.1, 0.15) is 11.1 Å². The van der Waals surface area contributed by atoms with Gasteiger partial charge in [-0.3, -0.25) is 0 Å². The molecule has 0 aliphatic rings. The van der Waals surface area contributed by atoms with Crippen LogP contribution in [0.2, 0.25) is 0 Å². The van der Waals surface area contributed by atoms with Crippen LogP contribution < -0.4 is 0 Å². The van der Waals surface area contributed by atoms with Crippen LogP contribution in [0, 0.1) is 0 Å². The van der Waals surface area contributed by atoms with Crippen LogP contribution in [0.4, 0.5) is 0 Å². The fourth-order valence-corrected chi connectivity index (χ4v) is 2.44. The predicted octanol–water partition coefficient (Wildman–Crippen LogP) is 4.17. The number of rotatable bonds is 3. The summed E-state index contributed by atoms with van der Waals surface area (Å²) in [6.45, 7) is 0. The van der Waals surface area contributed by atoms with E-state index in [1.165, 1.54) is 12.1 Å². The normalized spacial score (nSPS) is 11.5. The molecule has 0 aliphatic carbocycles. The van der Waals surface area contributed by atoms with E-state index >= 15 is 0 Å². The average Bonchev–Trinajstić information content (AvgIpc) is 2.53. The molecule has 0 amide bonds. The number of aromatic hydroxyl groups is 1. The molecule has 108 valence electrons. The highest BCUT2D eigenvalue weighted by Gasteiger charge is 2.11. The van der Waals surface area contributed by atoms with E-state index in [4.69, 9.17) is 0 Å². The molecule has 0 aromatic heterocycles. The van der Waals surface area contributed by atoms with Gasteiger partial charge in [0.15, 0.2) is 0 Å². The highest BCUT2D eigenvalue weighted by atomic mass is 16.4. The molecule has 3 heteroatoms. The fourth-order valence-electron chi connectivity index (χ4n) is 2.44. The maximum atomic E-state index is 11.6. The molecule has 3 nitrogen and oxygen atoms in total. The molecule has 3 rings (SSSR count). The molecule has 0 saturated heterocycles. The van der Waals surface area contributed by atoms with E-state index in [9.17, 15) is 15.0 Å². The van der Waals surface area contributed by atoms with Gasteiger partial charge >= 0.3 is 5.97 Å². The monoisotopic (exact) mass is 290 g/mol. The zero-order chi connectivity index (χ0) is 15.5. The summed E-state index contributed by atoms with van der Waals surface area (Å²) in [7, 11) is 0. The van der Waals surface area contributed by atoms with E-state index in [-0.39, 0.29) is 11.3 Å². The number of carboxylic acids is 1. The Bertz CT molecular complexity index is 856. The molecule has 0 bridgehead atoms. The summed E-state index contributed by atoms with van der Waals surface area (Å²) >= 11 is 0. The molecule has 0 saturated carbocycles. The van der Waals surface area contributed by atoms with E-state index < -0.39 is 5.97 Å². The zero-order valence-corrected chi connectivity index (χ0v) is 11.7. The summed E-state index contributed by atoms with van der Waals surface area (Å²) < 4.78 is 0. The van der Waals surface area contributed by atoms with Gasteiger partial charge in [-0.25, -0.2) is 4.79 Å². The highest BCUT2D eigenvalue weighted by Crippen LogP contribution is 2.25. The Morgan fingerprint density at radius 2 is 1.55 bits per heavy atom. The molecular weight excluding hydrogens is 276 g/mol. The van der Waals surface area contributed by atoms with Crippen molar-refractivity contribution in [1.82, 2.24) is 0 Å². The largest absolute Gasteiger partial charge is 0.508 e. The van der Waals surface area contributed by atoms with Gasteiger partial charge in [0.25, 0.3) is 0 Å². The van der Waals surface area contributed by atoms with E-state index in [0.29, 0.717) is 5.56 Å². The molecule has 2 N–H and O–H groups in total. The Kier molecular flexibility index (Phi) is 3.62. The first-order valence-electron chi connectivity index (χ1n) is 6.87. The number of phenolic OH excluding ortho intramolecular Hbond substituents is 1. The minimum atomic E-state index is -1.00. The van der Waals surface area contributed by atoms with Gasteiger partial charge in [0, 0.05) is 0 Å². The first-order chi connectivity index (χ1) is 10.6. The summed E-state index contributed by atoms with van der Waals surface area (Å²) in [5, 5.41) is 20.9. The van der Waals surface area contributed by atoms with Gasteiger partial charge in [0.2, 0.25) is 0 Å². The van der Waals surface area contributed by atoms with Gasteiger partial charge in [-0.05, 0) is 40.1 Å². The minimum Gasteiger partial charge on any atom is -0.508 e. The van der Waals surface area contributed by atoms with Crippen molar-refractivity contribution in [2.45, 2.75) is 0 Å². The molecule has 0 radical (unpaired) electrons. The van der Waals surface area contributed by atoms with Crippen LogP contribution in [0.25, 0.3) is 22.4 Å². The van der Waals surface area contributed by atoms with E-state index in [0.717, 1.165) is 16.3 Å². The fraction of sp³-hybridized carbons (Fsp3) is 0. The Morgan fingerprint density at radius 1 is 0.864 bits per heavy atom. The first kappa shape index (κ1) is 13.9. The summed E-state index contributed by atoms with van der Waals surface area (Å²) in [5.74, 6) is -0.891. The second-order valence-corrected chi connectivity index (χ2v) is 4.98. The van der Waals surface area contributed by atoms with Crippen molar-refractivity contribution in [3.05, 3.63) is 77.9 Å². The predicted molar refractivity (Wildman–Crippen MR) is 87.6 cm³/mol. The van der Waals surface area contributed by atoms with Crippen molar-refractivity contribution in [2.24, 2.45) is 0 Å². The zero-order valence-electron chi connectivity index (χ0n) is 11.7. The van der Waals surface area contributed by atoms with Gasteiger partial charge < -0.3 is 10.2 Å². The Hall–Kier alpha value is -3.07. The Balaban J connectivity index is 2.17. The maximum Gasteiger partial charge on any atom is 0.336 e. The molecule has 3 aromatic carbocycles. The van der Waals surface area contributed by atoms with Crippen LogP contribution in [-0.2, 0) is 4.79 Å². The Labute approximate surface area is 127 Å². The van der Waals surface area contributed by atoms with Gasteiger partial charge in [0.05, 0.1) is 5.57 Å². The number of benzene rings is 3. The molecule has 22 heavy (non-hydrogen) atoms. The quantitative estimate of drug-likeness (QED) is 0.562. The third-order valence-electron chi connectivity index (χ3n) is 3.53.